The lowest BCUT2D eigenvalue weighted by Gasteiger charge is -2.15. The van der Waals surface area contributed by atoms with Crippen molar-refractivity contribution in [1.82, 2.24) is 4.31 Å². The van der Waals surface area contributed by atoms with Gasteiger partial charge in [-0.3, -0.25) is 9.59 Å². The zero-order valence-corrected chi connectivity index (χ0v) is 17.7. The third kappa shape index (κ3) is 3.84. The normalized spacial score (nSPS) is 13.9. The fourth-order valence-electron chi connectivity index (χ4n) is 3.20. The minimum absolute atomic E-state index is 0.0964. The van der Waals surface area contributed by atoms with Crippen LogP contribution in [0.1, 0.15) is 16.7 Å². The van der Waals surface area contributed by atoms with Gasteiger partial charge in [-0.2, -0.15) is 4.31 Å². The van der Waals surface area contributed by atoms with E-state index < -0.39 is 27.7 Å². The van der Waals surface area contributed by atoms with Crippen molar-refractivity contribution >= 4 is 27.4 Å². The summed E-state index contributed by atoms with van der Waals surface area (Å²) in [5, 5.41) is 0. The van der Waals surface area contributed by atoms with E-state index >= 15 is 0 Å². The second-order valence-corrected chi connectivity index (χ2v) is 8.85. The first-order valence-electron chi connectivity index (χ1n) is 9.57. The summed E-state index contributed by atoms with van der Waals surface area (Å²) in [6.07, 6.45) is 0. The van der Waals surface area contributed by atoms with Crippen molar-refractivity contribution in [3.63, 3.8) is 0 Å². The first kappa shape index (κ1) is 21.2. The van der Waals surface area contributed by atoms with Gasteiger partial charge in [0, 0.05) is 5.56 Å². The number of halogens is 1. The van der Waals surface area contributed by atoms with Crippen molar-refractivity contribution in [3.05, 3.63) is 107 Å². The Morgan fingerprint density at radius 3 is 2.03 bits per heavy atom. The summed E-state index contributed by atoms with van der Waals surface area (Å²) in [6, 6.07) is 19.4. The van der Waals surface area contributed by atoms with Gasteiger partial charge in [0.05, 0.1) is 10.5 Å². The average Bonchev–Trinajstić information content (AvgIpc) is 3.04. The quantitative estimate of drug-likeness (QED) is 0.455. The fourth-order valence-corrected chi connectivity index (χ4v) is 4.51. The van der Waals surface area contributed by atoms with Crippen LogP contribution in [0.3, 0.4) is 0 Å². The smallest absolute Gasteiger partial charge is 0.267 e. The third-order valence-electron chi connectivity index (χ3n) is 4.84. The molecule has 3 aromatic rings. The Hall–Kier alpha value is -4.02. The molecule has 0 bridgehead atoms. The number of rotatable bonds is 3. The third-order valence-corrected chi connectivity index (χ3v) is 6.52. The maximum Gasteiger partial charge on any atom is 0.284 e. The number of hydrogen-bond acceptors (Lipinski definition) is 4. The van der Waals surface area contributed by atoms with Crippen LogP contribution in [0.5, 0.6) is 0 Å². The molecule has 2 amide bonds. The van der Waals surface area contributed by atoms with E-state index in [2.05, 4.69) is 11.8 Å². The monoisotopic (exact) mass is 445 g/mol. The predicted octanol–water partition coefficient (Wildman–Crippen LogP) is 3.70. The maximum atomic E-state index is 13.2. The lowest BCUT2D eigenvalue weighted by molar-refractivity contribution is -0.130. The van der Waals surface area contributed by atoms with E-state index in [4.69, 9.17) is 0 Å². The highest BCUT2D eigenvalue weighted by Crippen LogP contribution is 2.33. The number of nitrogens with zero attached hydrogens (tertiary/aromatic N) is 1. The summed E-state index contributed by atoms with van der Waals surface area (Å²) in [5.74, 6) is 2.92. The first-order valence-corrected chi connectivity index (χ1v) is 11.0. The number of benzene rings is 3. The van der Waals surface area contributed by atoms with Gasteiger partial charge >= 0.3 is 0 Å². The number of imide groups is 1. The van der Waals surface area contributed by atoms with Gasteiger partial charge in [0.25, 0.3) is 21.8 Å². The zero-order valence-electron chi connectivity index (χ0n) is 16.9. The van der Waals surface area contributed by atoms with Crippen LogP contribution in [0.25, 0.3) is 5.57 Å². The second-order valence-electron chi connectivity index (χ2n) is 7.07. The van der Waals surface area contributed by atoms with Gasteiger partial charge in [0.15, 0.2) is 0 Å². The molecule has 1 aliphatic heterocycles. The van der Waals surface area contributed by atoms with Gasteiger partial charge in [-0.05, 0) is 48.9 Å². The van der Waals surface area contributed by atoms with Gasteiger partial charge in [0.1, 0.15) is 11.4 Å². The van der Waals surface area contributed by atoms with Crippen molar-refractivity contribution in [1.29, 1.82) is 0 Å². The van der Waals surface area contributed by atoms with E-state index in [1.54, 1.807) is 49.4 Å². The predicted molar refractivity (Wildman–Crippen MR) is 117 cm³/mol. The van der Waals surface area contributed by atoms with Gasteiger partial charge in [-0.15, -0.1) is 0 Å². The van der Waals surface area contributed by atoms with Crippen LogP contribution >= 0.6 is 0 Å². The summed E-state index contributed by atoms with van der Waals surface area (Å²) in [7, 11) is -4.44. The lowest BCUT2D eigenvalue weighted by atomic mass is 10.0. The van der Waals surface area contributed by atoms with Crippen molar-refractivity contribution in [3.8, 4) is 11.8 Å². The molecule has 4 rings (SSSR count). The Morgan fingerprint density at radius 2 is 1.41 bits per heavy atom. The van der Waals surface area contributed by atoms with Crippen LogP contribution < -0.4 is 0 Å². The zero-order chi connectivity index (χ0) is 22.9. The van der Waals surface area contributed by atoms with Crippen molar-refractivity contribution in [2.24, 2.45) is 0 Å². The SMILES string of the molecule is Cc1ccc(S(=O)(=O)N2C(=O)C(C#Cc3ccc(F)cc3)=C(c3ccccc3)C2=O)cc1. The van der Waals surface area contributed by atoms with Gasteiger partial charge in [-0.25, -0.2) is 12.8 Å². The topological polar surface area (TPSA) is 71.5 Å². The lowest BCUT2D eigenvalue weighted by Crippen LogP contribution is -2.37. The van der Waals surface area contributed by atoms with Crippen LogP contribution in [0.15, 0.2) is 89.3 Å². The molecule has 0 radical (unpaired) electrons. The number of carbonyl (C=O) groups excluding carboxylic acids is 2. The Morgan fingerprint density at radius 1 is 0.781 bits per heavy atom. The first-order chi connectivity index (χ1) is 15.3. The summed E-state index contributed by atoms with van der Waals surface area (Å²) in [5.41, 5.74) is 1.28. The van der Waals surface area contributed by atoms with Crippen LogP contribution in [0.4, 0.5) is 4.39 Å². The molecule has 1 aliphatic rings. The highest BCUT2D eigenvalue weighted by Gasteiger charge is 2.46. The number of carbonyl (C=O) groups is 2. The van der Waals surface area contributed by atoms with E-state index in [-0.39, 0.29) is 20.3 Å². The van der Waals surface area contributed by atoms with E-state index in [0.29, 0.717) is 11.1 Å². The molecule has 0 saturated carbocycles. The number of hydrogen-bond donors (Lipinski definition) is 0. The Balaban J connectivity index is 1.84. The molecular weight excluding hydrogens is 429 g/mol. The molecule has 32 heavy (non-hydrogen) atoms. The van der Waals surface area contributed by atoms with Gasteiger partial charge < -0.3 is 0 Å². The molecule has 0 unspecified atom stereocenters. The van der Waals surface area contributed by atoms with Crippen LogP contribution in [-0.2, 0) is 19.6 Å². The summed E-state index contributed by atoms with van der Waals surface area (Å²) < 4.78 is 39.8. The van der Waals surface area contributed by atoms with Gasteiger partial charge in [0.2, 0.25) is 0 Å². The van der Waals surface area contributed by atoms with Gasteiger partial charge in [-0.1, -0.05) is 59.9 Å². The molecule has 0 N–H and O–H groups in total. The molecule has 0 spiro atoms. The van der Waals surface area contributed by atoms with E-state index in [0.717, 1.165) is 5.56 Å². The number of aryl methyl sites for hydroxylation is 1. The van der Waals surface area contributed by atoms with Crippen LogP contribution in [0, 0.1) is 24.6 Å². The van der Waals surface area contributed by atoms with E-state index in [1.165, 1.54) is 36.4 Å². The molecule has 158 valence electrons. The second kappa shape index (κ2) is 8.25. The Labute approximate surface area is 184 Å². The fraction of sp³-hybridized carbons (Fsp3) is 0.0400. The summed E-state index contributed by atoms with van der Waals surface area (Å²) >= 11 is 0. The minimum atomic E-state index is -4.44. The van der Waals surface area contributed by atoms with Crippen molar-refractivity contribution in [2.45, 2.75) is 11.8 Å². The number of sulfonamides is 1. The largest absolute Gasteiger partial charge is 0.284 e. The molecule has 7 heteroatoms. The molecule has 5 nitrogen and oxygen atoms in total. The maximum absolute atomic E-state index is 13.2. The molecular formula is C25H16FNO4S. The molecule has 1 heterocycles. The minimum Gasteiger partial charge on any atom is -0.267 e. The Bertz CT molecular complexity index is 1410. The molecule has 0 saturated heterocycles. The average molecular weight is 445 g/mol. The van der Waals surface area contributed by atoms with Crippen molar-refractivity contribution in [2.75, 3.05) is 0 Å². The molecule has 0 atom stereocenters. The van der Waals surface area contributed by atoms with Crippen LogP contribution in [-0.4, -0.2) is 24.5 Å². The molecule has 0 fully saturated rings. The van der Waals surface area contributed by atoms with E-state index in [1.807, 2.05) is 0 Å². The number of amides is 2. The molecule has 0 aromatic heterocycles. The van der Waals surface area contributed by atoms with Crippen molar-refractivity contribution < 1.29 is 22.4 Å². The standard InChI is InChI=1S/C25H16FNO4S/c1-17-7-14-21(15-8-17)32(30,31)27-24(28)22(16-11-18-9-12-20(26)13-10-18)23(25(27)29)19-5-3-2-4-6-19/h2-10,12-15H,1H3. The summed E-state index contributed by atoms with van der Waals surface area (Å²) in [4.78, 5) is 26.2. The summed E-state index contributed by atoms with van der Waals surface area (Å²) in [6.45, 7) is 1.79. The highest BCUT2D eigenvalue weighted by atomic mass is 32.2. The molecule has 3 aromatic carbocycles. The Kier molecular flexibility index (Phi) is 5.47. The highest BCUT2D eigenvalue weighted by molar-refractivity contribution is 7.90. The molecule has 0 aliphatic carbocycles. The van der Waals surface area contributed by atoms with Crippen LogP contribution in [0.2, 0.25) is 0 Å². The van der Waals surface area contributed by atoms with E-state index in [9.17, 15) is 22.4 Å².